The zero-order chi connectivity index (χ0) is 17.7. The molecule has 0 atom stereocenters. The lowest BCUT2D eigenvalue weighted by atomic mass is 10.1. The molecule has 0 aliphatic rings. The highest BCUT2D eigenvalue weighted by Gasteiger charge is 2.14. The van der Waals surface area contributed by atoms with Gasteiger partial charge in [0.2, 0.25) is 0 Å². The molecule has 4 nitrogen and oxygen atoms in total. The first-order chi connectivity index (χ1) is 11.3. The molecule has 0 fully saturated rings. The fraction of sp³-hybridized carbons (Fsp3) is 0.300. The van der Waals surface area contributed by atoms with Crippen molar-refractivity contribution < 1.29 is 10.2 Å². The van der Waals surface area contributed by atoms with Gasteiger partial charge in [0.15, 0.2) is 0 Å². The molecular formula is C20H24N2O2. The number of phenolic OH excluding ortho intramolecular Hbond substituents is 2. The number of nitrogens with zero attached hydrogens (tertiary/aromatic N) is 2. The van der Waals surface area contributed by atoms with Gasteiger partial charge in [-0.25, -0.2) is 0 Å². The minimum absolute atomic E-state index is 0.255. The molecule has 24 heavy (non-hydrogen) atoms. The number of hydrogen-bond acceptors (Lipinski definition) is 4. The summed E-state index contributed by atoms with van der Waals surface area (Å²) in [6.45, 7) is 8.14. The van der Waals surface area contributed by atoms with E-state index in [0.29, 0.717) is 17.7 Å². The standard InChI is InChI=1S/C20H24N2O2/c1-14-7-5-9-16(18(14)23)11-21-13-20(3,4)22-12-17-10-6-8-15(2)19(17)24/h5-12,23-24H,13H2,1-4H3. The molecular weight excluding hydrogens is 300 g/mol. The van der Waals surface area contributed by atoms with Gasteiger partial charge in [-0.15, -0.1) is 0 Å². The predicted molar refractivity (Wildman–Crippen MR) is 99.8 cm³/mol. The maximum Gasteiger partial charge on any atom is 0.127 e. The second-order valence-electron chi connectivity index (χ2n) is 6.57. The maximum absolute atomic E-state index is 10.0. The fourth-order valence-electron chi connectivity index (χ4n) is 2.22. The third-order valence-corrected chi connectivity index (χ3v) is 3.80. The lowest BCUT2D eigenvalue weighted by Gasteiger charge is -2.16. The van der Waals surface area contributed by atoms with E-state index in [9.17, 15) is 10.2 Å². The van der Waals surface area contributed by atoms with E-state index in [4.69, 9.17) is 0 Å². The second kappa shape index (κ2) is 7.30. The van der Waals surface area contributed by atoms with Crippen molar-refractivity contribution in [3.63, 3.8) is 0 Å². The number of rotatable bonds is 5. The second-order valence-corrected chi connectivity index (χ2v) is 6.57. The van der Waals surface area contributed by atoms with E-state index in [0.717, 1.165) is 11.1 Å². The van der Waals surface area contributed by atoms with Crippen LogP contribution < -0.4 is 0 Å². The predicted octanol–water partition coefficient (Wildman–Crippen LogP) is 4.03. The van der Waals surface area contributed by atoms with Gasteiger partial charge in [-0.3, -0.25) is 9.98 Å². The number of phenols is 2. The van der Waals surface area contributed by atoms with Crippen LogP contribution in [0.4, 0.5) is 0 Å². The van der Waals surface area contributed by atoms with Gasteiger partial charge in [-0.2, -0.15) is 0 Å². The van der Waals surface area contributed by atoms with Gasteiger partial charge < -0.3 is 10.2 Å². The van der Waals surface area contributed by atoms with E-state index >= 15 is 0 Å². The summed E-state index contributed by atoms with van der Waals surface area (Å²) in [5.41, 5.74) is 2.64. The zero-order valence-corrected chi connectivity index (χ0v) is 14.6. The first-order valence-electron chi connectivity index (χ1n) is 7.92. The topological polar surface area (TPSA) is 65.2 Å². The minimum atomic E-state index is -0.411. The van der Waals surface area contributed by atoms with Crippen molar-refractivity contribution in [1.82, 2.24) is 0 Å². The normalized spacial score (nSPS) is 12.3. The van der Waals surface area contributed by atoms with Gasteiger partial charge in [-0.1, -0.05) is 24.3 Å². The maximum atomic E-state index is 10.0. The number of aromatic hydroxyl groups is 2. The van der Waals surface area contributed by atoms with Gasteiger partial charge in [0.25, 0.3) is 0 Å². The Morgan fingerprint density at radius 1 is 0.875 bits per heavy atom. The summed E-state index contributed by atoms with van der Waals surface area (Å²) in [5, 5.41) is 20.0. The Hall–Kier alpha value is -2.62. The van der Waals surface area contributed by atoms with Crippen LogP contribution in [-0.2, 0) is 0 Å². The molecule has 2 aromatic rings. The number of para-hydroxylation sites is 2. The Balaban J connectivity index is 2.08. The van der Waals surface area contributed by atoms with Crippen LogP contribution in [0.1, 0.15) is 36.1 Å². The highest BCUT2D eigenvalue weighted by molar-refractivity contribution is 5.85. The number of aliphatic imine (C=N–C) groups is 2. The lowest BCUT2D eigenvalue weighted by molar-refractivity contribution is 0.469. The van der Waals surface area contributed by atoms with Crippen LogP contribution in [0.25, 0.3) is 0 Å². The molecule has 2 N–H and O–H groups in total. The lowest BCUT2D eigenvalue weighted by Crippen LogP contribution is -2.21. The summed E-state index contributed by atoms with van der Waals surface area (Å²) < 4.78 is 0. The highest BCUT2D eigenvalue weighted by Crippen LogP contribution is 2.21. The molecule has 0 saturated carbocycles. The molecule has 0 saturated heterocycles. The van der Waals surface area contributed by atoms with Gasteiger partial charge in [0, 0.05) is 23.6 Å². The molecule has 2 rings (SSSR count). The molecule has 0 unspecified atom stereocenters. The summed E-state index contributed by atoms with van der Waals surface area (Å²) >= 11 is 0. The number of aryl methyl sites for hydroxylation is 2. The molecule has 0 radical (unpaired) electrons. The van der Waals surface area contributed by atoms with Gasteiger partial charge >= 0.3 is 0 Å². The molecule has 0 amide bonds. The van der Waals surface area contributed by atoms with Crippen LogP contribution in [-0.4, -0.2) is 34.7 Å². The minimum Gasteiger partial charge on any atom is -0.507 e. The number of benzene rings is 2. The van der Waals surface area contributed by atoms with Crippen LogP contribution in [0.3, 0.4) is 0 Å². The molecule has 0 spiro atoms. The van der Waals surface area contributed by atoms with E-state index in [-0.39, 0.29) is 11.5 Å². The van der Waals surface area contributed by atoms with E-state index in [1.165, 1.54) is 0 Å². The Bertz CT molecular complexity index is 777. The quantitative estimate of drug-likeness (QED) is 0.816. The Labute approximate surface area is 143 Å². The Morgan fingerprint density at radius 2 is 1.38 bits per heavy atom. The zero-order valence-electron chi connectivity index (χ0n) is 14.6. The van der Waals surface area contributed by atoms with Crippen LogP contribution in [0, 0.1) is 13.8 Å². The average molecular weight is 324 g/mol. The van der Waals surface area contributed by atoms with Crippen molar-refractivity contribution in [2.24, 2.45) is 9.98 Å². The van der Waals surface area contributed by atoms with E-state index < -0.39 is 5.54 Å². The smallest absolute Gasteiger partial charge is 0.127 e. The van der Waals surface area contributed by atoms with Crippen molar-refractivity contribution in [1.29, 1.82) is 0 Å². The van der Waals surface area contributed by atoms with Crippen LogP contribution in [0.5, 0.6) is 11.5 Å². The summed E-state index contributed by atoms with van der Waals surface area (Å²) in [4.78, 5) is 8.94. The number of hydrogen-bond donors (Lipinski definition) is 2. The Morgan fingerprint density at radius 3 is 1.92 bits per heavy atom. The van der Waals surface area contributed by atoms with Crippen molar-refractivity contribution in [2.45, 2.75) is 33.2 Å². The fourth-order valence-corrected chi connectivity index (χ4v) is 2.22. The molecule has 4 heteroatoms. The summed E-state index contributed by atoms with van der Waals surface area (Å²) in [5.74, 6) is 0.512. The van der Waals surface area contributed by atoms with Crippen LogP contribution in [0.2, 0.25) is 0 Å². The Kier molecular flexibility index (Phi) is 5.39. The van der Waals surface area contributed by atoms with Crippen molar-refractivity contribution in [3.8, 4) is 11.5 Å². The summed E-state index contributed by atoms with van der Waals surface area (Å²) in [7, 11) is 0. The van der Waals surface area contributed by atoms with Crippen molar-refractivity contribution in [2.75, 3.05) is 6.54 Å². The van der Waals surface area contributed by atoms with Crippen molar-refractivity contribution >= 4 is 12.4 Å². The van der Waals surface area contributed by atoms with Gasteiger partial charge in [0.05, 0.1) is 12.1 Å². The van der Waals surface area contributed by atoms with Gasteiger partial charge in [0.1, 0.15) is 11.5 Å². The highest BCUT2D eigenvalue weighted by atomic mass is 16.3. The monoisotopic (exact) mass is 324 g/mol. The van der Waals surface area contributed by atoms with Crippen molar-refractivity contribution in [3.05, 3.63) is 58.7 Å². The molecule has 0 heterocycles. The van der Waals surface area contributed by atoms with Crippen LogP contribution >= 0.6 is 0 Å². The van der Waals surface area contributed by atoms with E-state index in [1.807, 2.05) is 64.1 Å². The third-order valence-electron chi connectivity index (χ3n) is 3.80. The van der Waals surface area contributed by atoms with E-state index in [2.05, 4.69) is 9.98 Å². The average Bonchev–Trinajstić information content (AvgIpc) is 2.53. The van der Waals surface area contributed by atoms with Gasteiger partial charge in [-0.05, 0) is 51.0 Å². The first kappa shape index (κ1) is 17.7. The SMILES string of the molecule is Cc1cccc(C=NCC(C)(C)N=Cc2cccc(C)c2O)c1O. The molecule has 0 aromatic heterocycles. The molecule has 0 aliphatic heterocycles. The first-order valence-corrected chi connectivity index (χ1v) is 7.92. The molecule has 0 bridgehead atoms. The van der Waals surface area contributed by atoms with Crippen LogP contribution in [0.15, 0.2) is 46.4 Å². The summed E-state index contributed by atoms with van der Waals surface area (Å²) in [6, 6.07) is 11.1. The molecule has 2 aromatic carbocycles. The molecule has 126 valence electrons. The summed E-state index contributed by atoms with van der Waals surface area (Å²) in [6.07, 6.45) is 3.35. The van der Waals surface area contributed by atoms with E-state index in [1.54, 1.807) is 12.4 Å². The largest absolute Gasteiger partial charge is 0.507 e. The molecule has 0 aliphatic carbocycles. The third kappa shape index (κ3) is 4.44.